The Labute approximate surface area is 118 Å². The molecule has 1 unspecified atom stereocenters. The molecule has 1 heterocycles. The number of hydrogen-bond acceptors (Lipinski definition) is 4. The number of benzene rings is 1. The normalized spacial score (nSPS) is 12.2. The van der Waals surface area contributed by atoms with Crippen molar-refractivity contribution in [2.75, 3.05) is 5.32 Å². The van der Waals surface area contributed by atoms with E-state index >= 15 is 0 Å². The molecule has 19 heavy (non-hydrogen) atoms. The van der Waals surface area contributed by atoms with Crippen molar-refractivity contribution in [1.82, 2.24) is 0 Å². The van der Waals surface area contributed by atoms with Gasteiger partial charge < -0.3 is 9.73 Å². The molecule has 0 saturated heterocycles. The van der Waals surface area contributed by atoms with Crippen molar-refractivity contribution in [3.05, 3.63) is 56.4 Å². The minimum Gasteiger partial charge on any atom is -0.452 e. The van der Waals surface area contributed by atoms with Gasteiger partial charge in [-0.25, -0.2) is 0 Å². The summed E-state index contributed by atoms with van der Waals surface area (Å²) in [5, 5.41) is 14.0. The molecule has 2 aromatic rings. The summed E-state index contributed by atoms with van der Waals surface area (Å²) in [6, 6.07) is 8.63. The number of nitro benzene ring substituents is 1. The Balaban J connectivity index is 2.15. The minimum atomic E-state index is -0.383. The van der Waals surface area contributed by atoms with E-state index in [0.717, 1.165) is 11.4 Å². The predicted molar refractivity (Wildman–Crippen MR) is 76.3 cm³/mol. The number of nitrogens with one attached hydrogen (secondary N) is 1. The van der Waals surface area contributed by atoms with E-state index in [1.54, 1.807) is 19.1 Å². The van der Waals surface area contributed by atoms with E-state index in [9.17, 15) is 10.1 Å². The van der Waals surface area contributed by atoms with Gasteiger partial charge in [-0.1, -0.05) is 0 Å². The molecule has 2 rings (SSSR count). The molecule has 0 bridgehead atoms. The van der Waals surface area contributed by atoms with E-state index in [2.05, 4.69) is 21.2 Å². The molecule has 1 aromatic heterocycles. The minimum absolute atomic E-state index is 0.0212. The van der Waals surface area contributed by atoms with Gasteiger partial charge in [0.1, 0.15) is 5.76 Å². The highest BCUT2D eigenvalue weighted by molar-refractivity contribution is 9.10. The third kappa shape index (κ3) is 3.14. The molecule has 1 atom stereocenters. The van der Waals surface area contributed by atoms with Crippen LogP contribution in [0.4, 0.5) is 11.4 Å². The summed E-state index contributed by atoms with van der Waals surface area (Å²) in [5.41, 5.74) is 1.57. The summed E-state index contributed by atoms with van der Waals surface area (Å²) >= 11 is 3.25. The van der Waals surface area contributed by atoms with Gasteiger partial charge in [-0.15, -0.1) is 0 Å². The van der Waals surface area contributed by atoms with Gasteiger partial charge in [0, 0.05) is 17.3 Å². The van der Waals surface area contributed by atoms with Crippen molar-refractivity contribution in [2.24, 2.45) is 0 Å². The first kappa shape index (κ1) is 13.6. The van der Waals surface area contributed by atoms with Crippen molar-refractivity contribution in [3.8, 4) is 0 Å². The summed E-state index contributed by atoms with van der Waals surface area (Å²) in [7, 11) is 0. The van der Waals surface area contributed by atoms with Crippen LogP contribution in [-0.2, 0) is 0 Å². The number of nitro groups is 1. The second-order valence-electron chi connectivity index (χ2n) is 4.27. The average Bonchev–Trinajstić information content (AvgIpc) is 2.75. The van der Waals surface area contributed by atoms with Crippen LogP contribution in [0, 0.1) is 17.0 Å². The maximum Gasteiger partial charge on any atom is 0.272 e. The van der Waals surface area contributed by atoms with Crippen molar-refractivity contribution < 1.29 is 9.34 Å². The zero-order valence-corrected chi connectivity index (χ0v) is 12.1. The summed E-state index contributed by atoms with van der Waals surface area (Å²) < 4.78 is 6.13. The maximum atomic E-state index is 10.7. The molecule has 0 radical (unpaired) electrons. The van der Waals surface area contributed by atoms with E-state index in [4.69, 9.17) is 4.42 Å². The van der Waals surface area contributed by atoms with Crippen molar-refractivity contribution in [3.63, 3.8) is 0 Å². The lowest BCUT2D eigenvalue weighted by molar-refractivity contribution is -0.385. The van der Waals surface area contributed by atoms with Gasteiger partial charge >= 0.3 is 0 Å². The monoisotopic (exact) mass is 324 g/mol. The van der Waals surface area contributed by atoms with Gasteiger partial charge in [0.05, 0.1) is 11.0 Å². The molecular formula is C13H13BrN2O3. The average molecular weight is 325 g/mol. The molecular weight excluding hydrogens is 312 g/mol. The first-order valence-electron chi connectivity index (χ1n) is 5.74. The first-order valence-corrected chi connectivity index (χ1v) is 6.53. The fourth-order valence-electron chi connectivity index (χ4n) is 1.83. The van der Waals surface area contributed by atoms with Crippen LogP contribution in [0.15, 0.2) is 39.4 Å². The van der Waals surface area contributed by atoms with Crippen LogP contribution >= 0.6 is 15.9 Å². The van der Waals surface area contributed by atoms with Crippen molar-refractivity contribution in [1.29, 1.82) is 0 Å². The Morgan fingerprint density at radius 3 is 2.63 bits per heavy atom. The standard InChI is InChI=1S/C13H13BrN2O3/c1-8-7-10(3-4-11(8)16(17)18)15-9(2)12-5-6-13(14)19-12/h3-7,9,15H,1-2H3. The van der Waals surface area contributed by atoms with Crippen molar-refractivity contribution >= 4 is 27.3 Å². The Kier molecular flexibility index (Phi) is 3.90. The second kappa shape index (κ2) is 5.44. The first-order chi connectivity index (χ1) is 8.97. The topological polar surface area (TPSA) is 68.3 Å². The lowest BCUT2D eigenvalue weighted by Gasteiger charge is -2.13. The van der Waals surface area contributed by atoms with Crippen LogP contribution < -0.4 is 5.32 Å². The molecule has 6 heteroatoms. The van der Waals surface area contributed by atoms with Gasteiger partial charge in [0.25, 0.3) is 5.69 Å². The molecule has 1 N–H and O–H groups in total. The largest absolute Gasteiger partial charge is 0.452 e. The molecule has 0 aliphatic heterocycles. The predicted octanol–water partition coefficient (Wildman–Crippen LogP) is 4.43. The summed E-state index contributed by atoms with van der Waals surface area (Å²) in [6.45, 7) is 3.68. The van der Waals surface area contributed by atoms with Gasteiger partial charge in [-0.3, -0.25) is 10.1 Å². The molecule has 100 valence electrons. The van der Waals surface area contributed by atoms with Gasteiger partial charge in [0.2, 0.25) is 0 Å². The quantitative estimate of drug-likeness (QED) is 0.667. The highest BCUT2D eigenvalue weighted by atomic mass is 79.9. The maximum absolute atomic E-state index is 10.7. The smallest absolute Gasteiger partial charge is 0.272 e. The Morgan fingerprint density at radius 1 is 1.37 bits per heavy atom. The second-order valence-corrected chi connectivity index (χ2v) is 5.05. The zero-order chi connectivity index (χ0) is 14.0. The highest BCUT2D eigenvalue weighted by Gasteiger charge is 2.13. The van der Waals surface area contributed by atoms with E-state index in [1.165, 1.54) is 6.07 Å². The summed E-state index contributed by atoms with van der Waals surface area (Å²) in [4.78, 5) is 10.4. The highest BCUT2D eigenvalue weighted by Crippen LogP contribution is 2.26. The Morgan fingerprint density at radius 2 is 2.11 bits per heavy atom. The third-order valence-electron chi connectivity index (χ3n) is 2.80. The van der Waals surface area contributed by atoms with E-state index in [1.807, 2.05) is 19.1 Å². The third-order valence-corrected chi connectivity index (χ3v) is 3.22. The van der Waals surface area contributed by atoms with E-state index < -0.39 is 0 Å². The Bertz CT molecular complexity index is 610. The Hall–Kier alpha value is -1.82. The number of halogens is 1. The summed E-state index contributed by atoms with van der Waals surface area (Å²) in [6.07, 6.45) is 0. The van der Waals surface area contributed by atoms with E-state index in [-0.39, 0.29) is 16.7 Å². The number of hydrogen-bond donors (Lipinski definition) is 1. The zero-order valence-electron chi connectivity index (χ0n) is 10.5. The SMILES string of the molecule is Cc1cc(NC(C)c2ccc(Br)o2)ccc1[N+](=O)[O-]. The van der Waals surface area contributed by atoms with Crippen LogP contribution in [0.5, 0.6) is 0 Å². The molecule has 0 spiro atoms. The number of nitrogens with zero attached hydrogens (tertiary/aromatic N) is 1. The molecule has 0 saturated carbocycles. The number of aryl methyl sites for hydroxylation is 1. The molecule has 1 aromatic carbocycles. The van der Waals surface area contributed by atoms with Crippen molar-refractivity contribution in [2.45, 2.75) is 19.9 Å². The summed E-state index contributed by atoms with van der Waals surface area (Å²) in [5.74, 6) is 0.794. The molecule has 0 aliphatic rings. The molecule has 0 fully saturated rings. The molecule has 0 amide bonds. The number of rotatable bonds is 4. The molecule has 5 nitrogen and oxygen atoms in total. The van der Waals surface area contributed by atoms with Crippen LogP contribution in [0.2, 0.25) is 0 Å². The number of furan rings is 1. The number of anilines is 1. The lowest BCUT2D eigenvalue weighted by Crippen LogP contribution is -2.06. The van der Waals surface area contributed by atoms with E-state index in [0.29, 0.717) is 10.2 Å². The fraction of sp³-hybridized carbons (Fsp3) is 0.231. The van der Waals surface area contributed by atoms with Gasteiger partial charge in [-0.05, 0) is 54.0 Å². The van der Waals surface area contributed by atoms with Gasteiger partial charge in [0.15, 0.2) is 4.67 Å². The van der Waals surface area contributed by atoms with Crippen LogP contribution in [0.1, 0.15) is 24.3 Å². The lowest BCUT2D eigenvalue weighted by atomic mass is 10.1. The van der Waals surface area contributed by atoms with Crippen LogP contribution in [0.25, 0.3) is 0 Å². The van der Waals surface area contributed by atoms with Crippen LogP contribution in [0.3, 0.4) is 0 Å². The molecule has 0 aliphatic carbocycles. The van der Waals surface area contributed by atoms with Crippen LogP contribution in [-0.4, -0.2) is 4.92 Å². The van der Waals surface area contributed by atoms with Gasteiger partial charge in [-0.2, -0.15) is 0 Å². The fourth-order valence-corrected chi connectivity index (χ4v) is 2.15.